The topological polar surface area (TPSA) is 125 Å². The van der Waals surface area contributed by atoms with Crippen molar-refractivity contribution in [3.63, 3.8) is 0 Å². The molecule has 0 saturated heterocycles. The third kappa shape index (κ3) is 8.73. The normalized spacial score (nSPS) is 18.4. The predicted octanol–water partition coefficient (Wildman–Crippen LogP) is 3.28. The molecule has 0 radical (unpaired) electrons. The van der Waals surface area contributed by atoms with Gasteiger partial charge in [0, 0.05) is 37.1 Å². The van der Waals surface area contributed by atoms with Crippen LogP contribution >= 0.6 is 22.6 Å². The number of nitrogens with zero attached hydrogens (tertiary/aromatic N) is 1. The number of nitrogens with one attached hydrogen (secondary N) is 1. The van der Waals surface area contributed by atoms with E-state index >= 15 is 0 Å². The van der Waals surface area contributed by atoms with E-state index < -0.39 is 24.2 Å². The number of amides is 2. The first-order chi connectivity index (χ1) is 19.6. The largest absolute Gasteiger partial charge is 0.493 e. The number of rotatable bonds is 13. The third-order valence-corrected chi connectivity index (χ3v) is 7.49. The van der Waals surface area contributed by atoms with Gasteiger partial charge < -0.3 is 29.9 Å². The molecule has 0 spiro atoms. The van der Waals surface area contributed by atoms with E-state index in [4.69, 9.17) is 9.47 Å². The molecule has 2 amide bonds. The number of halogens is 2. The molecule has 1 aliphatic carbocycles. The van der Waals surface area contributed by atoms with E-state index in [1.165, 1.54) is 31.4 Å². The Kier molecular flexibility index (Phi) is 12.1. The number of methoxy groups -OCH3 is 1. The van der Waals surface area contributed by atoms with Crippen LogP contribution in [0.25, 0.3) is 0 Å². The van der Waals surface area contributed by atoms with Gasteiger partial charge in [0.25, 0.3) is 0 Å². The molecule has 3 atom stereocenters. The summed E-state index contributed by atoms with van der Waals surface area (Å²) < 4.78 is 26.1. The first-order valence-corrected chi connectivity index (χ1v) is 14.5. The van der Waals surface area contributed by atoms with Gasteiger partial charge in [-0.25, -0.2) is 4.39 Å². The summed E-state index contributed by atoms with van der Waals surface area (Å²) in [6.07, 6.45) is 0.492. The van der Waals surface area contributed by atoms with E-state index in [0.717, 1.165) is 0 Å². The van der Waals surface area contributed by atoms with Gasteiger partial charge in [0.2, 0.25) is 11.8 Å². The van der Waals surface area contributed by atoms with Crippen molar-refractivity contribution in [3.05, 3.63) is 68.6 Å². The van der Waals surface area contributed by atoms with Crippen molar-refractivity contribution in [2.45, 2.75) is 51.4 Å². The Hall–Kier alpha value is -3.03. The van der Waals surface area contributed by atoms with Crippen LogP contribution in [0.2, 0.25) is 0 Å². The molecule has 222 valence electrons. The highest BCUT2D eigenvalue weighted by Crippen LogP contribution is 2.37. The first kappa shape index (κ1) is 32.5. The van der Waals surface area contributed by atoms with Gasteiger partial charge in [-0.05, 0) is 70.8 Å². The number of benzene rings is 2. The molecule has 0 aromatic heterocycles. The second kappa shape index (κ2) is 15.3. The lowest BCUT2D eigenvalue weighted by Gasteiger charge is -2.41. The highest BCUT2D eigenvalue weighted by molar-refractivity contribution is 14.1. The number of aldehydes is 1. The zero-order chi connectivity index (χ0) is 30.1. The zero-order valence-corrected chi connectivity index (χ0v) is 25.5. The minimum Gasteiger partial charge on any atom is -0.493 e. The molecule has 11 heteroatoms. The van der Waals surface area contributed by atoms with Gasteiger partial charge in [0.05, 0.1) is 23.3 Å². The molecular weight excluding hydrogens is 646 g/mol. The summed E-state index contributed by atoms with van der Waals surface area (Å²) in [7, 11) is 1.43. The van der Waals surface area contributed by atoms with Crippen LogP contribution in [0.4, 0.5) is 4.39 Å². The maximum absolute atomic E-state index is 13.8. The van der Waals surface area contributed by atoms with Gasteiger partial charge in [-0.1, -0.05) is 26.0 Å². The molecule has 0 saturated carbocycles. The van der Waals surface area contributed by atoms with E-state index in [-0.39, 0.29) is 67.3 Å². The maximum atomic E-state index is 13.8. The lowest BCUT2D eigenvalue weighted by molar-refractivity contribution is -0.139. The number of hydrogen-bond donors (Lipinski definition) is 3. The molecular formula is C30H36FIN2O7. The number of hydrogen-bond acceptors (Lipinski definition) is 7. The molecule has 2 aromatic rings. The van der Waals surface area contributed by atoms with Crippen LogP contribution in [0.5, 0.6) is 11.5 Å². The Bertz CT molecular complexity index is 1270. The lowest BCUT2D eigenvalue weighted by Crippen LogP contribution is -2.55. The minimum absolute atomic E-state index is 0.0311. The number of aliphatic hydroxyl groups excluding tert-OH is 2. The zero-order valence-electron chi connectivity index (χ0n) is 23.3. The van der Waals surface area contributed by atoms with Crippen molar-refractivity contribution in [3.8, 4) is 11.5 Å². The number of ether oxygens (including phenoxy) is 2. The molecule has 3 N–H and O–H groups in total. The summed E-state index contributed by atoms with van der Waals surface area (Å²) in [5, 5.41) is 23.5. The smallest absolute Gasteiger partial charge is 0.247 e. The van der Waals surface area contributed by atoms with Crippen molar-refractivity contribution >= 4 is 40.7 Å². The third-order valence-electron chi connectivity index (χ3n) is 6.69. The molecule has 2 aromatic carbocycles. The summed E-state index contributed by atoms with van der Waals surface area (Å²) in [5.74, 6) is -0.468. The summed E-state index contributed by atoms with van der Waals surface area (Å²) in [6, 6.07) is 8.39. The number of aliphatic hydroxyl groups is 2. The van der Waals surface area contributed by atoms with Crippen LogP contribution < -0.4 is 14.8 Å². The molecule has 1 aliphatic rings. The van der Waals surface area contributed by atoms with Crippen molar-refractivity contribution in [2.24, 2.45) is 5.92 Å². The summed E-state index contributed by atoms with van der Waals surface area (Å²) in [5.41, 5.74) is 1.35. The van der Waals surface area contributed by atoms with Gasteiger partial charge in [0.1, 0.15) is 24.3 Å². The monoisotopic (exact) mass is 682 g/mol. The Balaban J connectivity index is 2.01. The Morgan fingerprint density at radius 3 is 2.66 bits per heavy atom. The SMILES string of the molecule is COc1cc(C=O)cc(I)c1OC1C=C(C(=O)NCCO)CC(N(CCc2cccc(F)c2)C(=O)CC(C)C)C1O. The second-order valence-electron chi connectivity index (χ2n) is 10.2. The van der Waals surface area contributed by atoms with Crippen molar-refractivity contribution in [2.75, 3.05) is 26.8 Å². The molecule has 41 heavy (non-hydrogen) atoms. The Morgan fingerprint density at radius 1 is 1.27 bits per heavy atom. The molecule has 0 bridgehead atoms. The average Bonchev–Trinajstić information content (AvgIpc) is 2.93. The predicted molar refractivity (Wildman–Crippen MR) is 159 cm³/mol. The van der Waals surface area contributed by atoms with Crippen LogP contribution in [-0.4, -0.2) is 78.3 Å². The van der Waals surface area contributed by atoms with Gasteiger partial charge in [-0.15, -0.1) is 0 Å². The van der Waals surface area contributed by atoms with E-state index in [9.17, 15) is 29.0 Å². The molecule has 0 heterocycles. The van der Waals surface area contributed by atoms with Crippen LogP contribution in [0.1, 0.15) is 42.6 Å². The quantitative estimate of drug-likeness (QED) is 0.219. The van der Waals surface area contributed by atoms with E-state index in [0.29, 0.717) is 27.4 Å². The molecule has 0 aliphatic heterocycles. The van der Waals surface area contributed by atoms with Crippen LogP contribution in [-0.2, 0) is 16.0 Å². The average molecular weight is 683 g/mol. The summed E-state index contributed by atoms with van der Waals surface area (Å²) in [6.45, 7) is 3.79. The Labute approximate surface area is 252 Å². The van der Waals surface area contributed by atoms with Gasteiger partial charge in [-0.2, -0.15) is 0 Å². The van der Waals surface area contributed by atoms with Crippen LogP contribution in [0, 0.1) is 15.3 Å². The van der Waals surface area contributed by atoms with E-state index in [1.807, 2.05) is 36.4 Å². The second-order valence-corrected chi connectivity index (χ2v) is 11.4. The highest BCUT2D eigenvalue weighted by atomic mass is 127. The van der Waals surface area contributed by atoms with Gasteiger partial charge in [-0.3, -0.25) is 14.4 Å². The molecule has 3 rings (SSSR count). The van der Waals surface area contributed by atoms with Crippen LogP contribution in [0.3, 0.4) is 0 Å². The summed E-state index contributed by atoms with van der Waals surface area (Å²) in [4.78, 5) is 39.5. The van der Waals surface area contributed by atoms with Crippen molar-refractivity contribution in [1.82, 2.24) is 10.2 Å². The minimum atomic E-state index is -1.24. The fraction of sp³-hybridized carbons (Fsp3) is 0.433. The van der Waals surface area contributed by atoms with Crippen molar-refractivity contribution < 1.29 is 38.5 Å². The van der Waals surface area contributed by atoms with E-state index in [2.05, 4.69) is 5.32 Å². The highest BCUT2D eigenvalue weighted by Gasteiger charge is 2.41. The number of carbonyl (C=O) groups excluding carboxylic acids is 3. The lowest BCUT2D eigenvalue weighted by atomic mass is 9.87. The van der Waals surface area contributed by atoms with E-state index in [1.54, 1.807) is 23.1 Å². The fourth-order valence-electron chi connectivity index (χ4n) is 4.72. The maximum Gasteiger partial charge on any atom is 0.247 e. The molecule has 9 nitrogen and oxygen atoms in total. The summed E-state index contributed by atoms with van der Waals surface area (Å²) >= 11 is 1.99. The Morgan fingerprint density at radius 2 is 2.02 bits per heavy atom. The van der Waals surface area contributed by atoms with Crippen molar-refractivity contribution in [1.29, 1.82) is 0 Å². The van der Waals surface area contributed by atoms with Gasteiger partial charge in [0.15, 0.2) is 11.5 Å². The standard InChI is InChI=1S/C30H36FIN2O7/c1-18(2)11-27(37)34(9-7-19-5-4-6-22(31)12-19)24-15-21(30(39)33-8-10-35)16-25(28(24)38)41-29-23(32)13-20(17-36)14-26(29)40-3/h4-6,12-14,16-18,24-25,28,35,38H,7-11,15H2,1-3H3,(H,33,39). The fourth-order valence-corrected chi connectivity index (χ4v) is 5.47. The molecule has 3 unspecified atom stereocenters. The first-order valence-electron chi connectivity index (χ1n) is 13.4. The van der Waals surface area contributed by atoms with Crippen LogP contribution in [0.15, 0.2) is 48.0 Å². The number of carbonyl (C=O) groups is 3. The van der Waals surface area contributed by atoms with Gasteiger partial charge >= 0.3 is 0 Å². The molecule has 0 fully saturated rings.